The number of benzene rings is 2. The van der Waals surface area contributed by atoms with E-state index in [9.17, 15) is 8.42 Å². The molecule has 128 valence electrons. The van der Waals surface area contributed by atoms with Gasteiger partial charge in [-0.05, 0) is 59.5 Å². The van der Waals surface area contributed by atoms with Crippen molar-refractivity contribution in [2.75, 3.05) is 10.9 Å². The van der Waals surface area contributed by atoms with Crippen molar-refractivity contribution < 1.29 is 13.2 Å². The van der Waals surface area contributed by atoms with Crippen molar-refractivity contribution in [2.45, 2.75) is 37.6 Å². The highest BCUT2D eigenvalue weighted by atomic mass is 79.9. The van der Waals surface area contributed by atoms with Gasteiger partial charge >= 0.3 is 0 Å². The molecule has 0 bridgehead atoms. The van der Waals surface area contributed by atoms with Crippen LogP contribution in [0.2, 0.25) is 0 Å². The molecule has 0 radical (unpaired) electrons. The van der Waals surface area contributed by atoms with Gasteiger partial charge < -0.3 is 4.74 Å². The number of ether oxygens (including phenoxy) is 1. The van der Waals surface area contributed by atoms with Crippen LogP contribution in [0.5, 0.6) is 5.75 Å². The minimum atomic E-state index is -3.63. The fourth-order valence-electron chi connectivity index (χ4n) is 2.98. The molecule has 1 aliphatic rings. The molecule has 0 amide bonds. The summed E-state index contributed by atoms with van der Waals surface area (Å²) < 4.78 is 34.3. The highest BCUT2D eigenvalue weighted by molar-refractivity contribution is 9.10. The molecule has 0 fully saturated rings. The number of rotatable bonds is 5. The average Bonchev–Trinajstić information content (AvgIpc) is 2.90. The zero-order valence-corrected chi connectivity index (χ0v) is 16.1. The highest BCUT2D eigenvalue weighted by Gasteiger charge is 2.36. The minimum Gasteiger partial charge on any atom is -0.492 e. The maximum Gasteiger partial charge on any atom is 0.264 e. The van der Waals surface area contributed by atoms with Gasteiger partial charge in [-0.1, -0.05) is 25.1 Å². The Labute approximate surface area is 151 Å². The molecule has 4 nitrogen and oxygen atoms in total. The van der Waals surface area contributed by atoms with Crippen molar-refractivity contribution in [3.05, 3.63) is 52.5 Å². The number of hydrogen-bond acceptors (Lipinski definition) is 3. The summed E-state index contributed by atoms with van der Waals surface area (Å²) in [6.45, 7) is 4.49. The number of halogens is 1. The predicted octanol–water partition coefficient (Wildman–Crippen LogP) is 4.38. The molecule has 2 aromatic carbocycles. The molecule has 2 aromatic rings. The Morgan fingerprint density at radius 2 is 2.00 bits per heavy atom. The number of nitrogens with zero attached hydrogens (tertiary/aromatic N) is 1. The summed E-state index contributed by atoms with van der Waals surface area (Å²) in [4.78, 5) is 0.250. The molecular weight excluding hydrogens is 390 g/mol. The Morgan fingerprint density at radius 3 is 2.75 bits per heavy atom. The molecule has 0 spiro atoms. The lowest BCUT2D eigenvalue weighted by molar-refractivity contribution is 0.314. The largest absolute Gasteiger partial charge is 0.492 e. The second kappa shape index (κ2) is 6.76. The van der Waals surface area contributed by atoms with Crippen molar-refractivity contribution >= 4 is 31.6 Å². The number of anilines is 1. The van der Waals surface area contributed by atoms with Crippen LogP contribution < -0.4 is 9.04 Å². The summed E-state index contributed by atoms with van der Waals surface area (Å²) in [6, 6.07) is 12.5. The predicted molar refractivity (Wildman–Crippen MR) is 99.2 cm³/mol. The topological polar surface area (TPSA) is 46.6 Å². The lowest BCUT2D eigenvalue weighted by Gasteiger charge is -2.24. The summed E-state index contributed by atoms with van der Waals surface area (Å²) >= 11 is 3.42. The van der Waals surface area contributed by atoms with Crippen LogP contribution in [0.3, 0.4) is 0 Å². The van der Waals surface area contributed by atoms with Gasteiger partial charge in [0.05, 0.1) is 21.7 Å². The fourth-order valence-corrected chi connectivity index (χ4v) is 5.05. The van der Waals surface area contributed by atoms with Gasteiger partial charge in [-0.15, -0.1) is 0 Å². The summed E-state index contributed by atoms with van der Waals surface area (Å²) in [5.41, 5.74) is 1.83. The van der Waals surface area contributed by atoms with Gasteiger partial charge in [0.15, 0.2) is 0 Å². The molecule has 0 saturated carbocycles. The first-order chi connectivity index (χ1) is 11.4. The first kappa shape index (κ1) is 17.3. The van der Waals surface area contributed by atoms with Gasteiger partial charge in [-0.3, -0.25) is 4.31 Å². The van der Waals surface area contributed by atoms with E-state index in [2.05, 4.69) is 15.9 Å². The van der Waals surface area contributed by atoms with Gasteiger partial charge in [0, 0.05) is 12.1 Å². The van der Waals surface area contributed by atoms with E-state index in [1.165, 1.54) is 4.31 Å². The van der Waals surface area contributed by atoms with E-state index < -0.39 is 10.0 Å². The van der Waals surface area contributed by atoms with E-state index >= 15 is 0 Å². The Kier molecular flexibility index (Phi) is 4.88. The van der Waals surface area contributed by atoms with Crippen molar-refractivity contribution in [1.82, 2.24) is 0 Å². The number of hydrogen-bond donors (Lipinski definition) is 0. The minimum absolute atomic E-state index is 0.101. The van der Waals surface area contributed by atoms with E-state index in [4.69, 9.17) is 4.74 Å². The summed E-state index contributed by atoms with van der Waals surface area (Å²) in [7, 11) is -3.63. The van der Waals surface area contributed by atoms with E-state index in [0.717, 1.165) is 28.6 Å². The van der Waals surface area contributed by atoms with Crippen molar-refractivity contribution in [3.8, 4) is 5.75 Å². The first-order valence-corrected chi connectivity index (χ1v) is 10.2. The van der Waals surface area contributed by atoms with Crippen LogP contribution in [0.25, 0.3) is 0 Å². The SMILES string of the molecule is CCCOc1cc(S(=O)(=O)N2c3ccccc3CC2C)ccc1Br. The normalized spacial score (nSPS) is 17.0. The van der Waals surface area contributed by atoms with Crippen molar-refractivity contribution in [1.29, 1.82) is 0 Å². The third-order valence-electron chi connectivity index (χ3n) is 4.07. The third kappa shape index (κ3) is 3.05. The van der Waals surface area contributed by atoms with Crippen LogP contribution >= 0.6 is 15.9 Å². The second-order valence-electron chi connectivity index (χ2n) is 5.92. The molecule has 0 aliphatic carbocycles. The van der Waals surface area contributed by atoms with Crippen LogP contribution in [-0.2, 0) is 16.4 Å². The smallest absolute Gasteiger partial charge is 0.264 e. The number of fused-ring (bicyclic) bond motifs is 1. The van der Waals surface area contributed by atoms with Crippen LogP contribution in [0, 0.1) is 0 Å². The maximum atomic E-state index is 13.2. The molecule has 0 N–H and O–H groups in total. The van der Waals surface area contributed by atoms with E-state index in [-0.39, 0.29) is 10.9 Å². The van der Waals surface area contributed by atoms with Crippen LogP contribution in [0.15, 0.2) is 51.8 Å². The van der Waals surface area contributed by atoms with Crippen molar-refractivity contribution in [2.24, 2.45) is 0 Å². The lowest BCUT2D eigenvalue weighted by Crippen LogP contribution is -2.35. The van der Waals surface area contributed by atoms with E-state index in [0.29, 0.717) is 12.4 Å². The van der Waals surface area contributed by atoms with Crippen LogP contribution in [-0.4, -0.2) is 21.1 Å². The van der Waals surface area contributed by atoms with E-state index in [1.807, 2.05) is 38.1 Å². The number of para-hydroxylation sites is 1. The zero-order chi connectivity index (χ0) is 17.3. The zero-order valence-electron chi connectivity index (χ0n) is 13.7. The Hall–Kier alpha value is -1.53. The summed E-state index contributed by atoms with van der Waals surface area (Å²) in [5, 5.41) is 0. The second-order valence-corrected chi connectivity index (χ2v) is 8.59. The number of sulfonamides is 1. The molecule has 0 saturated heterocycles. The Morgan fingerprint density at radius 1 is 1.25 bits per heavy atom. The van der Waals surface area contributed by atoms with Gasteiger partial charge in [-0.2, -0.15) is 0 Å². The van der Waals surface area contributed by atoms with Crippen molar-refractivity contribution in [3.63, 3.8) is 0 Å². The maximum absolute atomic E-state index is 13.2. The molecular formula is C18H20BrNO3S. The van der Waals surface area contributed by atoms with Gasteiger partial charge in [0.2, 0.25) is 0 Å². The monoisotopic (exact) mass is 409 g/mol. The molecule has 1 atom stereocenters. The lowest BCUT2D eigenvalue weighted by atomic mass is 10.1. The standard InChI is InChI=1S/C18H20BrNO3S/c1-3-10-23-18-12-15(8-9-16(18)19)24(21,22)20-13(2)11-14-6-4-5-7-17(14)20/h4-9,12-13H,3,10-11H2,1-2H3. The van der Waals surface area contributed by atoms with Gasteiger partial charge in [0.1, 0.15) is 5.75 Å². The van der Waals surface area contributed by atoms with Gasteiger partial charge in [0.25, 0.3) is 10.0 Å². The van der Waals surface area contributed by atoms with Crippen LogP contribution in [0.1, 0.15) is 25.8 Å². The average molecular weight is 410 g/mol. The Bertz CT molecular complexity index is 851. The third-order valence-corrected chi connectivity index (χ3v) is 6.65. The van der Waals surface area contributed by atoms with Crippen LogP contribution in [0.4, 0.5) is 5.69 Å². The quantitative estimate of drug-likeness (QED) is 0.735. The Balaban J connectivity index is 2.02. The van der Waals surface area contributed by atoms with E-state index in [1.54, 1.807) is 18.2 Å². The fraction of sp³-hybridized carbons (Fsp3) is 0.333. The van der Waals surface area contributed by atoms with Gasteiger partial charge in [-0.25, -0.2) is 8.42 Å². The summed E-state index contributed by atoms with van der Waals surface area (Å²) in [6.07, 6.45) is 1.59. The molecule has 1 unspecified atom stereocenters. The first-order valence-electron chi connectivity index (χ1n) is 8.00. The molecule has 1 aliphatic heterocycles. The highest BCUT2D eigenvalue weighted by Crippen LogP contribution is 2.38. The summed E-state index contributed by atoms with van der Waals surface area (Å²) in [5.74, 6) is 0.554. The molecule has 0 aromatic heterocycles. The molecule has 6 heteroatoms. The molecule has 24 heavy (non-hydrogen) atoms. The molecule has 1 heterocycles. The molecule has 3 rings (SSSR count).